The molecule has 2 amide bonds. The molecule has 0 saturated heterocycles. The Morgan fingerprint density at radius 2 is 1.82 bits per heavy atom. The van der Waals surface area contributed by atoms with Crippen molar-refractivity contribution in [1.29, 1.82) is 5.39 Å². The highest BCUT2D eigenvalue weighted by Gasteiger charge is 2.19. The van der Waals surface area contributed by atoms with Crippen LogP contribution in [-0.2, 0) is 16.1 Å². The van der Waals surface area contributed by atoms with Crippen molar-refractivity contribution in [2.75, 3.05) is 16.0 Å². The molecule has 3 aromatic rings. The van der Waals surface area contributed by atoms with E-state index in [1.807, 2.05) is 31.2 Å². The summed E-state index contributed by atoms with van der Waals surface area (Å²) in [5.74, 6) is -1.61. The summed E-state index contributed by atoms with van der Waals surface area (Å²) in [6.45, 7) is 2.11. The molecule has 0 aromatic heterocycles. The molecule has 0 fully saturated rings. The third kappa shape index (κ3) is 6.60. The van der Waals surface area contributed by atoms with E-state index in [2.05, 4.69) is 10.3 Å². The first-order valence-electron chi connectivity index (χ1n) is 10.3. The molecular weight excluding hydrogens is 452 g/mol. The van der Waals surface area contributed by atoms with Gasteiger partial charge in [0, 0.05) is 21.8 Å². The van der Waals surface area contributed by atoms with E-state index in [4.69, 9.17) is 5.39 Å². The Morgan fingerprint density at radius 1 is 1.09 bits per heavy atom. The standard InChI is InChI=1S/C25H22N4O4S/c1-17-9-11-21(12-10-17)34-16-24(32)29(15-18-5-2-3-8-22(18)30)20-7-4-6-19(13-20)28-25(33)23(31)14-27-26/h2-14H,15-16H2,1H3,(H2-,28,30,31,33)/p+1/b23-14+. The summed E-state index contributed by atoms with van der Waals surface area (Å²) in [5.41, 5.74) is 2.51. The van der Waals surface area contributed by atoms with Gasteiger partial charge in [0.15, 0.2) is 4.98 Å². The molecular formula is C25H23N4O4S+. The highest BCUT2D eigenvalue weighted by molar-refractivity contribution is 8.00. The lowest BCUT2D eigenvalue weighted by Crippen LogP contribution is -2.32. The first-order chi connectivity index (χ1) is 16.4. The maximum absolute atomic E-state index is 13.3. The van der Waals surface area contributed by atoms with Gasteiger partial charge >= 0.3 is 6.20 Å². The van der Waals surface area contributed by atoms with E-state index in [1.165, 1.54) is 16.7 Å². The zero-order chi connectivity index (χ0) is 24.5. The monoisotopic (exact) mass is 475 g/mol. The van der Waals surface area contributed by atoms with Crippen molar-refractivity contribution < 1.29 is 19.8 Å². The third-order valence-electron chi connectivity index (χ3n) is 4.83. The van der Waals surface area contributed by atoms with E-state index in [-0.39, 0.29) is 24.0 Å². The predicted molar refractivity (Wildman–Crippen MR) is 132 cm³/mol. The van der Waals surface area contributed by atoms with Gasteiger partial charge in [0.2, 0.25) is 11.3 Å². The van der Waals surface area contributed by atoms with Crippen molar-refractivity contribution in [3.05, 3.63) is 101 Å². The number of nitrogens with one attached hydrogen (secondary N) is 1. The first-order valence-corrected chi connectivity index (χ1v) is 11.3. The van der Waals surface area contributed by atoms with Gasteiger partial charge < -0.3 is 20.4 Å². The number of amides is 2. The lowest BCUT2D eigenvalue weighted by Gasteiger charge is -2.24. The van der Waals surface area contributed by atoms with Crippen LogP contribution in [0.1, 0.15) is 11.1 Å². The topological polar surface area (TPSA) is 118 Å². The molecule has 0 atom stereocenters. The molecule has 8 nitrogen and oxygen atoms in total. The van der Waals surface area contributed by atoms with Crippen molar-refractivity contribution in [3.8, 4) is 5.75 Å². The Kier molecular flexibility index (Phi) is 8.26. The van der Waals surface area contributed by atoms with E-state index in [0.717, 1.165) is 10.5 Å². The van der Waals surface area contributed by atoms with Gasteiger partial charge in [0.05, 0.1) is 12.3 Å². The number of thioether (sulfide) groups is 1. The number of hydrogen-bond donors (Lipinski definition) is 3. The number of anilines is 2. The minimum Gasteiger partial charge on any atom is -0.508 e. The van der Waals surface area contributed by atoms with Gasteiger partial charge in [-0.3, -0.25) is 9.59 Å². The Morgan fingerprint density at radius 3 is 2.53 bits per heavy atom. The van der Waals surface area contributed by atoms with E-state index in [1.54, 1.807) is 48.5 Å². The van der Waals surface area contributed by atoms with Gasteiger partial charge in [-0.05, 0) is 43.3 Å². The Balaban J connectivity index is 1.85. The molecule has 3 rings (SSSR count). The Labute approximate surface area is 201 Å². The van der Waals surface area contributed by atoms with Gasteiger partial charge in [-0.25, -0.2) is 0 Å². The van der Waals surface area contributed by atoms with Crippen LogP contribution in [0.15, 0.2) is 89.7 Å². The number of aliphatic hydroxyl groups is 1. The lowest BCUT2D eigenvalue weighted by atomic mass is 10.1. The molecule has 0 bridgehead atoms. The number of carbonyl (C=O) groups is 2. The average molecular weight is 476 g/mol. The molecule has 0 aliphatic rings. The number of diazo groups is 1. The average Bonchev–Trinajstić information content (AvgIpc) is 2.83. The number of para-hydroxylation sites is 1. The summed E-state index contributed by atoms with van der Waals surface area (Å²) in [6, 6.07) is 21.2. The number of carbonyl (C=O) groups excluding carboxylic acids is 2. The van der Waals surface area contributed by atoms with Crippen molar-refractivity contribution >= 4 is 35.0 Å². The molecule has 0 aliphatic heterocycles. The molecule has 0 heterocycles. The predicted octanol–water partition coefficient (Wildman–Crippen LogP) is 5.22. The molecule has 0 saturated carbocycles. The van der Waals surface area contributed by atoms with Gasteiger partial charge in [0.25, 0.3) is 11.7 Å². The first kappa shape index (κ1) is 24.4. The Bertz CT molecular complexity index is 1250. The smallest absolute Gasteiger partial charge is 0.397 e. The minimum atomic E-state index is -0.872. The van der Waals surface area contributed by atoms with Crippen LogP contribution < -0.4 is 10.2 Å². The second-order valence-corrected chi connectivity index (χ2v) is 8.39. The molecule has 0 aliphatic carbocycles. The minimum absolute atomic E-state index is 0.0683. The van der Waals surface area contributed by atoms with E-state index in [9.17, 15) is 19.8 Å². The third-order valence-corrected chi connectivity index (χ3v) is 5.83. The highest BCUT2D eigenvalue weighted by Crippen LogP contribution is 2.27. The second kappa shape index (κ2) is 11.5. The van der Waals surface area contributed by atoms with Crippen LogP contribution in [0.3, 0.4) is 0 Å². The normalized spacial score (nSPS) is 10.9. The largest absolute Gasteiger partial charge is 0.508 e. The summed E-state index contributed by atoms with van der Waals surface area (Å²) in [7, 11) is 0. The summed E-state index contributed by atoms with van der Waals surface area (Å²) in [6.07, 6.45) is 0.607. The fourth-order valence-corrected chi connectivity index (χ4v) is 3.83. The fourth-order valence-electron chi connectivity index (χ4n) is 3.06. The number of aliphatic hydroxyl groups excluding tert-OH is 1. The number of nitrogens with zero attached hydrogens (tertiary/aromatic N) is 3. The van der Waals surface area contributed by atoms with E-state index < -0.39 is 11.7 Å². The lowest BCUT2D eigenvalue weighted by molar-refractivity contribution is -0.116. The van der Waals surface area contributed by atoms with Crippen LogP contribution >= 0.6 is 11.8 Å². The number of rotatable bonds is 8. The number of hydrogen-bond acceptors (Lipinski definition) is 6. The SMILES string of the molecule is Cc1ccc(SCC(=O)N(Cc2ccccc2O)c2cccc(NC(=O)/C(O)=C\[N+]#N)c2)cc1. The van der Waals surface area contributed by atoms with Crippen molar-refractivity contribution in [1.82, 2.24) is 0 Å². The summed E-state index contributed by atoms with van der Waals surface area (Å²) in [5, 5.41) is 30.8. The molecule has 3 N–H and O–H groups in total. The number of aromatic hydroxyl groups is 1. The zero-order valence-corrected chi connectivity index (χ0v) is 19.2. The van der Waals surface area contributed by atoms with Crippen LogP contribution in [0.5, 0.6) is 5.75 Å². The van der Waals surface area contributed by atoms with Gasteiger partial charge in [-0.1, -0.05) is 42.0 Å². The summed E-state index contributed by atoms with van der Waals surface area (Å²) in [4.78, 5) is 30.4. The summed E-state index contributed by atoms with van der Waals surface area (Å²) >= 11 is 1.40. The summed E-state index contributed by atoms with van der Waals surface area (Å²) < 4.78 is 0. The number of phenols is 1. The molecule has 0 spiro atoms. The molecule has 9 heteroatoms. The van der Waals surface area contributed by atoms with Crippen molar-refractivity contribution in [2.45, 2.75) is 18.4 Å². The molecule has 34 heavy (non-hydrogen) atoms. The number of benzene rings is 3. The Hall–Kier alpha value is -4.29. The maximum Gasteiger partial charge on any atom is 0.397 e. The molecule has 3 aromatic carbocycles. The number of aryl methyl sites for hydroxylation is 1. The fraction of sp³-hybridized carbons (Fsp3) is 0.120. The number of phenolic OH excluding ortho intramolecular Hbond substituents is 1. The van der Waals surface area contributed by atoms with Crippen LogP contribution in [0.2, 0.25) is 0 Å². The molecule has 0 radical (unpaired) electrons. The van der Waals surface area contributed by atoms with Crippen LogP contribution in [0.4, 0.5) is 11.4 Å². The van der Waals surface area contributed by atoms with Crippen LogP contribution in [0.25, 0.3) is 4.98 Å². The molecule has 172 valence electrons. The van der Waals surface area contributed by atoms with Gasteiger partial charge in [-0.15, -0.1) is 11.8 Å². The van der Waals surface area contributed by atoms with Gasteiger partial charge in [-0.2, -0.15) is 0 Å². The quantitative estimate of drug-likeness (QED) is 0.178. The zero-order valence-electron chi connectivity index (χ0n) is 18.4. The maximum atomic E-state index is 13.3. The van der Waals surface area contributed by atoms with Crippen molar-refractivity contribution in [2.24, 2.45) is 0 Å². The van der Waals surface area contributed by atoms with Crippen LogP contribution in [0, 0.1) is 12.3 Å². The van der Waals surface area contributed by atoms with Gasteiger partial charge in [0.1, 0.15) is 5.75 Å². The van der Waals surface area contributed by atoms with E-state index in [0.29, 0.717) is 23.1 Å². The molecule has 0 unspecified atom stereocenters. The highest BCUT2D eigenvalue weighted by atomic mass is 32.2. The van der Waals surface area contributed by atoms with Crippen LogP contribution in [-0.4, -0.2) is 27.8 Å². The second-order valence-electron chi connectivity index (χ2n) is 7.34. The van der Waals surface area contributed by atoms with Crippen molar-refractivity contribution in [3.63, 3.8) is 0 Å². The van der Waals surface area contributed by atoms with E-state index >= 15 is 0 Å².